The molecule has 0 bridgehead atoms. The molecule has 2 aromatic heterocycles. The second kappa shape index (κ2) is 9.78. The van der Waals surface area contributed by atoms with Crippen LogP contribution in [0.2, 0.25) is 0 Å². The number of amides is 1. The largest absolute Gasteiger partial charge is 0.351 e. The third-order valence-corrected chi connectivity index (χ3v) is 7.95. The Morgan fingerprint density at radius 3 is 2.42 bits per heavy atom. The molecule has 8 heteroatoms. The van der Waals surface area contributed by atoms with Crippen molar-refractivity contribution < 1.29 is 9.18 Å². The summed E-state index contributed by atoms with van der Waals surface area (Å²) in [4.78, 5) is 30.0. The summed E-state index contributed by atoms with van der Waals surface area (Å²) in [5.41, 5.74) is 3.22. The highest BCUT2D eigenvalue weighted by Gasteiger charge is 2.28. The lowest BCUT2D eigenvalue weighted by Gasteiger charge is -2.31. The van der Waals surface area contributed by atoms with Gasteiger partial charge in [-0.1, -0.05) is 18.2 Å². The fourth-order valence-corrected chi connectivity index (χ4v) is 5.77. The van der Waals surface area contributed by atoms with Gasteiger partial charge in [-0.2, -0.15) is 0 Å². The van der Waals surface area contributed by atoms with Gasteiger partial charge < -0.3 is 10.2 Å². The summed E-state index contributed by atoms with van der Waals surface area (Å²) in [5, 5.41) is 4.40. The van der Waals surface area contributed by atoms with Crippen LogP contribution in [0.1, 0.15) is 47.0 Å². The van der Waals surface area contributed by atoms with Gasteiger partial charge in [0.05, 0.1) is 21.3 Å². The lowest BCUT2D eigenvalue weighted by atomic mass is 9.97. The van der Waals surface area contributed by atoms with Crippen LogP contribution >= 0.6 is 11.3 Å². The number of nitrogens with zero attached hydrogens (tertiary/aromatic N) is 4. The first kappa shape index (κ1) is 22.8. The quantitative estimate of drug-likeness (QED) is 0.352. The first-order chi connectivity index (χ1) is 17.6. The number of nitrogens with one attached hydrogen (secondary N) is 1. The van der Waals surface area contributed by atoms with Gasteiger partial charge in [0.25, 0.3) is 5.91 Å². The van der Waals surface area contributed by atoms with E-state index in [9.17, 15) is 9.18 Å². The lowest BCUT2D eigenvalue weighted by Crippen LogP contribution is -2.37. The summed E-state index contributed by atoms with van der Waals surface area (Å²) in [6.45, 7) is 1.39. The minimum absolute atomic E-state index is 0.0811. The fraction of sp³-hybridized carbons (Fsp3) is 0.286. The van der Waals surface area contributed by atoms with Gasteiger partial charge in [0.2, 0.25) is 5.95 Å². The molecule has 6 nitrogen and oxygen atoms in total. The number of halogens is 1. The van der Waals surface area contributed by atoms with Crippen LogP contribution in [0.15, 0.2) is 66.9 Å². The standard InChI is InChI=1S/C28H26FN5OS/c29-21-8-6-18(7-9-21)24-25(23-12-15-30-28(32-23)31-22-10-11-22)36-26(33-24)19-13-16-34(17-14-19)27(35)20-4-2-1-3-5-20/h1-9,12,15,19,22H,10-11,13-14,16-17H2,(H,30,31,32). The van der Waals surface area contributed by atoms with E-state index in [1.807, 2.05) is 41.3 Å². The number of aromatic nitrogens is 3. The summed E-state index contributed by atoms with van der Waals surface area (Å²) in [5.74, 6) is 0.693. The van der Waals surface area contributed by atoms with Gasteiger partial charge in [-0.3, -0.25) is 4.79 Å². The van der Waals surface area contributed by atoms with Gasteiger partial charge in [0.15, 0.2) is 0 Å². The summed E-state index contributed by atoms with van der Waals surface area (Å²) in [7, 11) is 0. The Labute approximate surface area is 213 Å². The first-order valence-electron chi connectivity index (χ1n) is 12.3. The molecular formula is C28H26FN5OS. The Morgan fingerprint density at radius 1 is 0.944 bits per heavy atom. The van der Waals surface area contributed by atoms with Gasteiger partial charge >= 0.3 is 0 Å². The van der Waals surface area contributed by atoms with E-state index in [1.54, 1.807) is 29.7 Å². The van der Waals surface area contributed by atoms with Crippen molar-refractivity contribution in [3.8, 4) is 21.8 Å². The average Bonchev–Trinajstić information content (AvgIpc) is 3.63. The van der Waals surface area contributed by atoms with E-state index in [0.717, 1.165) is 58.1 Å². The smallest absolute Gasteiger partial charge is 0.253 e. The van der Waals surface area contributed by atoms with Gasteiger partial charge in [-0.05, 0) is 68.1 Å². The van der Waals surface area contributed by atoms with E-state index in [0.29, 0.717) is 25.1 Å². The normalized spacial score (nSPS) is 16.2. The number of carbonyl (C=O) groups is 1. The van der Waals surface area contributed by atoms with Gasteiger partial charge in [0.1, 0.15) is 5.82 Å². The molecular weight excluding hydrogens is 473 g/mol. The molecule has 1 saturated carbocycles. The third kappa shape index (κ3) is 4.86. The van der Waals surface area contributed by atoms with Crippen molar-refractivity contribution in [2.75, 3.05) is 18.4 Å². The number of thiazole rings is 1. The molecule has 0 atom stereocenters. The van der Waals surface area contributed by atoms with Crippen LogP contribution in [0.25, 0.3) is 21.8 Å². The zero-order chi connectivity index (χ0) is 24.5. The number of rotatable bonds is 6. The molecule has 2 aromatic carbocycles. The molecule has 6 rings (SSSR count). The van der Waals surface area contributed by atoms with E-state index in [4.69, 9.17) is 9.97 Å². The fourth-order valence-electron chi connectivity index (χ4n) is 4.55. The molecule has 1 aliphatic heterocycles. The molecule has 1 saturated heterocycles. The number of hydrogen-bond acceptors (Lipinski definition) is 6. The predicted octanol–water partition coefficient (Wildman–Crippen LogP) is 6.00. The molecule has 0 radical (unpaired) electrons. The molecule has 2 aliphatic rings. The monoisotopic (exact) mass is 499 g/mol. The minimum atomic E-state index is -0.274. The maximum Gasteiger partial charge on any atom is 0.253 e. The molecule has 1 amide bonds. The van der Waals surface area contributed by atoms with Crippen LogP contribution < -0.4 is 5.32 Å². The summed E-state index contributed by atoms with van der Waals surface area (Å²) >= 11 is 1.64. The lowest BCUT2D eigenvalue weighted by molar-refractivity contribution is 0.0713. The number of anilines is 1. The van der Waals surface area contributed by atoms with Crippen molar-refractivity contribution in [2.45, 2.75) is 37.6 Å². The Balaban J connectivity index is 1.27. The van der Waals surface area contributed by atoms with Crippen molar-refractivity contribution >= 4 is 23.2 Å². The van der Waals surface area contributed by atoms with E-state index in [-0.39, 0.29) is 17.6 Å². The van der Waals surface area contributed by atoms with Crippen LogP contribution in [-0.2, 0) is 0 Å². The van der Waals surface area contributed by atoms with E-state index < -0.39 is 0 Å². The topological polar surface area (TPSA) is 71.0 Å². The zero-order valence-corrected chi connectivity index (χ0v) is 20.5. The summed E-state index contributed by atoms with van der Waals surface area (Å²) in [6.07, 6.45) is 5.77. The predicted molar refractivity (Wildman–Crippen MR) is 139 cm³/mol. The zero-order valence-electron chi connectivity index (χ0n) is 19.7. The molecule has 2 fully saturated rings. The number of likely N-dealkylation sites (tertiary alicyclic amines) is 1. The minimum Gasteiger partial charge on any atom is -0.351 e. The molecule has 182 valence electrons. The van der Waals surface area contributed by atoms with Crippen molar-refractivity contribution in [3.05, 3.63) is 83.2 Å². The molecule has 1 aliphatic carbocycles. The first-order valence-corrected chi connectivity index (χ1v) is 13.2. The van der Waals surface area contributed by atoms with Crippen LogP contribution in [0, 0.1) is 5.82 Å². The number of carbonyl (C=O) groups excluding carboxylic acids is 1. The van der Waals surface area contributed by atoms with Crippen LogP contribution in [0.5, 0.6) is 0 Å². The average molecular weight is 500 g/mol. The Hall–Kier alpha value is -3.65. The molecule has 0 unspecified atom stereocenters. The maximum atomic E-state index is 13.6. The molecule has 0 spiro atoms. The van der Waals surface area contributed by atoms with E-state index >= 15 is 0 Å². The SMILES string of the molecule is O=C(c1ccccc1)N1CCC(c2nc(-c3ccc(F)cc3)c(-c3ccnc(NC4CC4)n3)s2)CC1. The highest BCUT2D eigenvalue weighted by atomic mass is 32.1. The third-order valence-electron chi connectivity index (χ3n) is 6.71. The molecule has 1 N–H and O–H groups in total. The van der Waals surface area contributed by atoms with Gasteiger partial charge in [0, 0.05) is 42.4 Å². The Bertz CT molecular complexity index is 1360. The highest BCUT2D eigenvalue weighted by Crippen LogP contribution is 2.41. The van der Waals surface area contributed by atoms with Crippen LogP contribution in [0.3, 0.4) is 0 Å². The summed E-state index contributed by atoms with van der Waals surface area (Å²) in [6, 6.07) is 18.3. The van der Waals surface area contributed by atoms with Crippen LogP contribution in [0.4, 0.5) is 10.3 Å². The maximum absolute atomic E-state index is 13.6. The van der Waals surface area contributed by atoms with E-state index in [1.165, 1.54) is 12.1 Å². The number of hydrogen-bond donors (Lipinski definition) is 1. The molecule has 3 heterocycles. The highest BCUT2D eigenvalue weighted by molar-refractivity contribution is 7.15. The summed E-state index contributed by atoms with van der Waals surface area (Å²) < 4.78 is 13.6. The van der Waals surface area contributed by atoms with Crippen molar-refractivity contribution in [3.63, 3.8) is 0 Å². The number of benzene rings is 2. The van der Waals surface area contributed by atoms with Crippen LogP contribution in [-0.4, -0.2) is 44.9 Å². The van der Waals surface area contributed by atoms with E-state index in [2.05, 4.69) is 10.3 Å². The van der Waals surface area contributed by atoms with Crippen molar-refractivity contribution in [2.24, 2.45) is 0 Å². The molecule has 36 heavy (non-hydrogen) atoms. The second-order valence-electron chi connectivity index (χ2n) is 9.35. The molecule has 4 aromatic rings. The van der Waals surface area contributed by atoms with Gasteiger partial charge in [-0.25, -0.2) is 19.3 Å². The van der Waals surface area contributed by atoms with Crippen molar-refractivity contribution in [1.82, 2.24) is 19.9 Å². The van der Waals surface area contributed by atoms with Crippen molar-refractivity contribution in [1.29, 1.82) is 0 Å². The Kier molecular flexibility index (Phi) is 6.19. The Morgan fingerprint density at radius 2 is 1.69 bits per heavy atom. The second-order valence-corrected chi connectivity index (χ2v) is 10.4. The number of piperidine rings is 1. The van der Waals surface area contributed by atoms with Gasteiger partial charge in [-0.15, -0.1) is 11.3 Å².